The number of carbonyl (C=O) groups excluding carboxylic acids is 1. The van der Waals surface area contributed by atoms with Crippen LogP contribution >= 0.6 is 23.1 Å². The van der Waals surface area contributed by atoms with Crippen LogP contribution in [0, 0.1) is 0 Å². The van der Waals surface area contributed by atoms with Crippen LogP contribution in [0.3, 0.4) is 0 Å². The highest BCUT2D eigenvalue weighted by atomic mass is 32.2. The van der Waals surface area contributed by atoms with E-state index in [1.807, 2.05) is 6.92 Å². The molecule has 1 atom stereocenters. The van der Waals surface area contributed by atoms with Crippen molar-refractivity contribution in [3.8, 4) is 0 Å². The fourth-order valence-corrected chi connectivity index (χ4v) is 3.19. The molecule has 17 heavy (non-hydrogen) atoms. The Hall–Kier alpha value is -0.820. The van der Waals surface area contributed by atoms with Gasteiger partial charge in [-0.2, -0.15) is 0 Å². The maximum Gasteiger partial charge on any atom is 0.235 e. The summed E-state index contributed by atoms with van der Waals surface area (Å²) in [5.41, 5.74) is 0. The highest BCUT2D eigenvalue weighted by molar-refractivity contribution is 8.02. The molecule has 0 aromatic carbocycles. The van der Waals surface area contributed by atoms with E-state index in [9.17, 15) is 4.79 Å². The van der Waals surface area contributed by atoms with Gasteiger partial charge in [0.05, 0.1) is 5.25 Å². The average molecular weight is 274 g/mol. The smallest absolute Gasteiger partial charge is 0.235 e. The number of anilines is 1. The molecule has 0 bridgehead atoms. The fourth-order valence-electron chi connectivity index (χ4n) is 1.13. The molecule has 0 fully saturated rings. The van der Waals surface area contributed by atoms with Crippen molar-refractivity contribution in [3.05, 3.63) is 0 Å². The molecule has 96 valence electrons. The van der Waals surface area contributed by atoms with Crippen LogP contribution in [0.4, 0.5) is 5.13 Å². The number of aromatic nitrogens is 2. The first kappa shape index (κ1) is 14.2. The van der Waals surface area contributed by atoms with E-state index in [2.05, 4.69) is 22.4 Å². The van der Waals surface area contributed by atoms with E-state index in [0.717, 1.165) is 22.4 Å². The van der Waals surface area contributed by atoms with Gasteiger partial charge in [0, 0.05) is 20.6 Å². The molecule has 5 nitrogen and oxygen atoms in total. The SMILES string of the molecule is CCCNc1nnc(S[C@H](C)C(=O)N(C)C)s1. The van der Waals surface area contributed by atoms with Gasteiger partial charge in [-0.1, -0.05) is 30.0 Å². The van der Waals surface area contributed by atoms with E-state index >= 15 is 0 Å². The molecule has 0 saturated carbocycles. The summed E-state index contributed by atoms with van der Waals surface area (Å²) in [6.07, 6.45) is 1.05. The minimum Gasteiger partial charge on any atom is -0.360 e. The Morgan fingerprint density at radius 3 is 2.82 bits per heavy atom. The van der Waals surface area contributed by atoms with Crippen molar-refractivity contribution >= 4 is 34.1 Å². The lowest BCUT2D eigenvalue weighted by atomic mass is 10.4. The topological polar surface area (TPSA) is 58.1 Å². The lowest BCUT2D eigenvalue weighted by Gasteiger charge is -2.14. The number of hydrogen-bond acceptors (Lipinski definition) is 6. The Kier molecular flexibility index (Phi) is 5.70. The van der Waals surface area contributed by atoms with Gasteiger partial charge in [0.25, 0.3) is 0 Å². The number of rotatable bonds is 6. The first-order valence-electron chi connectivity index (χ1n) is 5.49. The van der Waals surface area contributed by atoms with Crippen molar-refractivity contribution in [2.24, 2.45) is 0 Å². The second-order valence-electron chi connectivity index (χ2n) is 3.79. The van der Waals surface area contributed by atoms with Crippen LogP contribution in [-0.2, 0) is 4.79 Å². The third-order valence-electron chi connectivity index (χ3n) is 2.00. The Balaban J connectivity index is 2.51. The zero-order valence-electron chi connectivity index (χ0n) is 10.6. The Bertz CT molecular complexity index is 367. The van der Waals surface area contributed by atoms with E-state index in [4.69, 9.17) is 0 Å². The third kappa shape index (κ3) is 4.51. The molecule has 0 aliphatic rings. The molecule has 0 saturated heterocycles. The fraction of sp³-hybridized carbons (Fsp3) is 0.700. The van der Waals surface area contributed by atoms with Gasteiger partial charge in [0.15, 0.2) is 4.34 Å². The molecule has 1 N–H and O–H groups in total. The van der Waals surface area contributed by atoms with Crippen molar-refractivity contribution < 1.29 is 4.79 Å². The molecule has 0 unspecified atom stereocenters. The van der Waals surface area contributed by atoms with Crippen molar-refractivity contribution in [1.82, 2.24) is 15.1 Å². The molecule has 0 spiro atoms. The van der Waals surface area contributed by atoms with E-state index < -0.39 is 0 Å². The van der Waals surface area contributed by atoms with Crippen LogP contribution in [0.15, 0.2) is 4.34 Å². The minimum absolute atomic E-state index is 0.0910. The molecule has 1 rings (SSSR count). The van der Waals surface area contributed by atoms with Gasteiger partial charge in [-0.3, -0.25) is 4.79 Å². The number of nitrogens with one attached hydrogen (secondary N) is 1. The Morgan fingerprint density at radius 2 is 2.24 bits per heavy atom. The summed E-state index contributed by atoms with van der Waals surface area (Å²) in [6, 6.07) is 0. The Morgan fingerprint density at radius 1 is 1.53 bits per heavy atom. The summed E-state index contributed by atoms with van der Waals surface area (Å²) in [5, 5.41) is 11.9. The lowest BCUT2D eigenvalue weighted by Crippen LogP contribution is -2.29. The van der Waals surface area contributed by atoms with Crippen molar-refractivity contribution in [2.75, 3.05) is 26.0 Å². The maximum atomic E-state index is 11.7. The molecule has 7 heteroatoms. The van der Waals surface area contributed by atoms with Gasteiger partial charge in [0.2, 0.25) is 11.0 Å². The summed E-state index contributed by atoms with van der Waals surface area (Å²) in [5.74, 6) is 0.0910. The van der Waals surface area contributed by atoms with Gasteiger partial charge in [-0.25, -0.2) is 0 Å². The first-order valence-corrected chi connectivity index (χ1v) is 7.19. The largest absolute Gasteiger partial charge is 0.360 e. The summed E-state index contributed by atoms with van der Waals surface area (Å²) < 4.78 is 0.825. The van der Waals surface area contributed by atoms with Gasteiger partial charge >= 0.3 is 0 Å². The van der Waals surface area contributed by atoms with Crippen LogP contribution in [0.25, 0.3) is 0 Å². The third-order valence-corrected chi connectivity index (χ3v) is 4.05. The van der Waals surface area contributed by atoms with Gasteiger partial charge in [0.1, 0.15) is 0 Å². The number of carbonyl (C=O) groups is 1. The highest BCUT2D eigenvalue weighted by Gasteiger charge is 2.18. The maximum absolute atomic E-state index is 11.7. The molecule has 0 aliphatic carbocycles. The molecule has 1 amide bonds. The molecule has 1 aromatic heterocycles. The summed E-state index contributed by atoms with van der Waals surface area (Å²) in [7, 11) is 3.52. The van der Waals surface area contributed by atoms with E-state index in [0.29, 0.717) is 0 Å². The predicted molar refractivity (Wildman–Crippen MR) is 72.7 cm³/mol. The monoisotopic (exact) mass is 274 g/mol. The molecular formula is C10H18N4OS2. The van der Waals surface area contributed by atoms with E-state index in [1.165, 1.54) is 23.1 Å². The van der Waals surface area contributed by atoms with Crippen LogP contribution in [-0.4, -0.2) is 46.9 Å². The zero-order valence-corrected chi connectivity index (χ0v) is 12.2. The molecule has 0 radical (unpaired) electrons. The number of amides is 1. The summed E-state index contributed by atoms with van der Waals surface area (Å²) >= 11 is 2.94. The summed E-state index contributed by atoms with van der Waals surface area (Å²) in [6.45, 7) is 4.88. The van der Waals surface area contributed by atoms with Crippen LogP contribution < -0.4 is 5.32 Å². The van der Waals surface area contributed by atoms with Crippen molar-refractivity contribution in [2.45, 2.75) is 29.9 Å². The number of hydrogen-bond donors (Lipinski definition) is 1. The quantitative estimate of drug-likeness (QED) is 0.803. The van der Waals surface area contributed by atoms with Crippen LogP contribution in [0.2, 0.25) is 0 Å². The van der Waals surface area contributed by atoms with Crippen molar-refractivity contribution in [1.29, 1.82) is 0 Å². The number of nitrogens with zero attached hydrogens (tertiary/aromatic N) is 3. The second kappa shape index (κ2) is 6.80. The normalized spacial score (nSPS) is 12.2. The van der Waals surface area contributed by atoms with E-state index in [-0.39, 0.29) is 11.2 Å². The van der Waals surface area contributed by atoms with Crippen LogP contribution in [0.5, 0.6) is 0 Å². The predicted octanol–water partition coefficient (Wildman–Crippen LogP) is 1.93. The molecule has 1 aromatic rings. The summed E-state index contributed by atoms with van der Waals surface area (Å²) in [4.78, 5) is 13.3. The molecular weight excluding hydrogens is 256 g/mol. The first-order chi connectivity index (χ1) is 8.04. The minimum atomic E-state index is -0.128. The van der Waals surface area contributed by atoms with Gasteiger partial charge in [-0.15, -0.1) is 10.2 Å². The number of thioether (sulfide) groups is 1. The standard InChI is InChI=1S/C10H18N4OS2/c1-5-6-11-9-12-13-10(17-9)16-7(2)8(15)14(3)4/h7H,5-6H2,1-4H3,(H,11,12)/t7-/m1/s1. The lowest BCUT2D eigenvalue weighted by molar-refractivity contribution is -0.127. The highest BCUT2D eigenvalue weighted by Crippen LogP contribution is 2.29. The molecule has 1 heterocycles. The van der Waals surface area contributed by atoms with Crippen LogP contribution in [0.1, 0.15) is 20.3 Å². The van der Waals surface area contributed by atoms with Gasteiger partial charge < -0.3 is 10.2 Å². The van der Waals surface area contributed by atoms with Crippen molar-refractivity contribution in [3.63, 3.8) is 0 Å². The average Bonchev–Trinajstić information content (AvgIpc) is 2.72. The van der Waals surface area contributed by atoms with E-state index in [1.54, 1.807) is 19.0 Å². The molecule has 0 aliphatic heterocycles. The Labute approximate surface area is 110 Å². The second-order valence-corrected chi connectivity index (χ2v) is 6.36. The zero-order chi connectivity index (χ0) is 12.8. The van der Waals surface area contributed by atoms with Gasteiger partial charge in [-0.05, 0) is 13.3 Å².